The minimum absolute atomic E-state index is 0.176. The van der Waals surface area contributed by atoms with Crippen LogP contribution in [0.25, 0.3) is 0 Å². The summed E-state index contributed by atoms with van der Waals surface area (Å²) in [6.07, 6.45) is 1.83. The number of nitrogens with two attached hydrogens (primary N) is 1. The molecule has 0 bridgehead atoms. The smallest absolute Gasteiger partial charge is 0.0739 e. The Bertz CT molecular complexity index is 619. The number of hydrogen-bond acceptors (Lipinski definition) is 3. The zero-order valence-electron chi connectivity index (χ0n) is 13.1. The third-order valence-electron chi connectivity index (χ3n) is 3.65. The van der Waals surface area contributed by atoms with Gasteiger partial charge in [0.1, 0.15) is 0 Å². The average molecular weight is 351 g/mol. The Labute approximate surface area is 135 Å². The van der Waals surface area contributed by atoms with E-state index in [1.165, 1.54) is 11.1 Å². The number of nitrogens with zero attached hydrogens (tertiary/aromatic N) is 3. The second kappa shape index (κ2) is 6.73. The first-order chi connectivity index (χ1) is 9.90. The number of rotatable bonds is 5. The molecule has 2 aromatic rings. The molecule has 0 fully saturated rings. The molecule has 5 heteroatoms. The maximum Gasteiger partial charge on any atom is 0.0739 e. The van der Waals surface area contributed by atoms with Gasteiger partial charge in [-0.15, -0.1) is 0 Å². The van der Waals surface area contributed by atoms with Gasteiger partial charge in [-0.2, -0.15) is 5.10 Å². The van der Waals surface area contributed by atoms with Crippen molar-refractivity contribution in [2.75, 3.05) is 20.6 Å². The number of benzene rings is 1. The van der Waals surface area contributed by atoms with Crippen molar-refractivity contribution in [2.45, 2.75) is 26.4 Å². The summed E-state index contributed by atoms with van der Waals surface area (Å²) in [6, 6.07) is 6.22. The molecule has 0 amide bonds. The van der Waals surface area contributed by atoms with Crippen LogP contribution in [0.2, 0.25) is 0 Å². The summed E-state index contributed by atoms with van der Waals surface area (Å²) in [6.45, 7) is 5.96. The molecular weight excluding hydrogens is 328 g/mol. The highest BCUT2D eigenvalue weighted by atomic mass is 79.9. The van der Waals surface area contributed by atoms with Crippen molar-refractivity contribution < 1.29 is 0 Å². The lowest BCUT2D eigenvalue weighted by Crippen LogP contribution is -2.24. The summed E-state index contributed by atoms with van der Waals surface area (Å²) in [4.78, 5) is 2.14. The van der Waals surface area contributed by atoms with Gasteiger partial charge in [0.15, 0.2) is 0 Å². The lowest BCUT2D eigenvalue weighted by atomic mass is 9.97. The van der Waals surface area contributed by atoms with E-state index in [0.717, 1.165) is 28.8 Å². The predicted molar refractivity (Wildman–Crippen MR) is 90.4 cm³/mol. The van der Waals surface area contributed by atoms with E-state index in [9.17, 15) is 0 Å². The first kappa shape index (κ1) is 16.2. The van der Waals surface area contributed by atoms with Crippen LogP contribution in [0.3, 0.4) is 0 Å². The van der Waals surface area contributed by atoms with E-state index in [2.05, 4.69) is 72.1 Å². The van der Waals surface area contributed by atoms with Crippen molar-refractivity contribution in [1.29, 1.82) is 0 Å². The fourth-order valence-electron chi connectivity index (χ4n) is 2.48. The van der Waals surface area contributed by atoms with Crippen LogP contribution in [-0.4, -0.2) is 35.3 Å². The molecule has 21 heavy (non-hydrogen) atoms. The van der Waals surface area contributed by atoms with E-state index in [0.29, 0.717) is 0 Å². The van der Waals surface area contributed by atoms with Gasteiger partial charge in [0.25, 0.3) is 0 Å². The van der Waals surface area contributed by atoms with Crippen LogP contribution >= 0.6 is 15.9 Å². The molecule has 114 valence electrons. The molecule has 4 nitrogen and oxygen atoms in total. The van der Waals surface area contributed by atoms with Gasteiger partial charge < -0.3 is 10.6 Å². The minimum Gasteiger partial charge on any atom is -0.319 e. The summed E-state index contributed by atoms with van der Waals surface area (Å²) >= 11 is 3.58. The Balaban J connectivity index is 2.34. The zero-order chi connectivity index (χ0) is 15.6. The molecule has 0 aliphatic heterocycles. The van der Waals surface area contributed by atoms with Crippen LogP contribution < -0.4 is 5.73 Å². The molecule has 1 atom stereocenters. The lowest BCUT2D eigenvalue weighted by Gasteiger charge is -2.19. The van der Waals surface area contributed by atoms with Gasteiger partial charge in [-0.3, -0.25) is 4.68 Å². The van der Waals surface area contributed by atoms with Crippen molar-refractivity contribution in [3.63, 3.8) is 0 Å². The first-order valence-corrected chi connectivity index (χ1v) is 7.88. The Morgan fingerprint density at radius 1 is 1.33 bits per heavy atom. The third kappa shape index (κ3) is 3.73. The molecule has 0 saturated carbocycles. The molecule has 1 heterocycles. The van der Waals surface area contributed by atoms with E-state index >= 15 is 0 Å². The summed E-state index contributed by atoms with van der Waals surface area (Å²) in [5, 5.41) is 4.44. The molecule has 1 unspecified atom stereocenters. The standard InChI is InChI=1S/C16H23BrN4/c1-11-5-6-13(12(2)9-11)15(18)16-14(17)10-19-21(16)8-7-20(3)4/h5-6,9-10,15H,7-8,18H2,1-4H3. The van der Waals surface area contributed by atoms with Crippen LogP contribution in [-0.2, 0) is 6.54 Å². The Morgan fingerprint density at radius 2 is 2.05 bits per heavy atom. The van der Waals surface area contributed by atoms with Crippen LogP contribution in [0.5, 0.6) is 0 Å². The summed E-state index contributed by atoms with van der Waals surface area (Å²) < 4.78 is 2.96. The maximum atomic E-state index is 6.52. The van der Waals surface area contributed by atoms with Gasteiger partial charge in [-0.05, 0) is 55.0 Å². The SMILES string of the molecule is Cc1ccc(C(N)c2c(Br)cnn2CCN(C)C)c(C)c1. The van der Waals surface area contributed by atoms with E-state index in [-0.39, 0.29) is 6.04 Å². The summed E-state index contributed by atoms with van der Waals surface area (Å²) in [7, 11) is 4.12. The van der Waals surface area contributed by atoms with E-state index in [4.69, 9.17) is 5.73 Å². The molecule has 0 radical (unpaired) electrons. The summed E-state index contributed by atoms with van der Waals surface area (Å²) in [5.74, 6) is 0. The lowest BCUT2D eigenvalue weighted by molar-refractivity contribution is 0.368. The zero-order valence-corrected chi connectivity index (χ0v) is 14.7. The van der Waals surface area contributed by atoms with Crippen LogP contribution in [0.1, 0.15) is 28.4 Å². The van der Waals surface area contributed by atoms with Crippen molar-refractivity contribution >= 4 is 15.9 Å². The Hall–Kier alpha value is -1.17. The fraction of sp³-hybridized carbons (Fsp3) is 0.438. The first-order valence-electron chi connectivity index (χ1n) is 7.09. The third-order valence-corrected chi connectivity index (χ3v) is 4.26. The van der Waals surface area contributed by atoms with Gasteiger partial charge in [-0.1, -0.05) is 23.8 Å². The second-order valence-corrected chi connectivity index (χ2v) is 6.60. The van der Waals surface area contributed by atoms with Crippen molar-refractivity contribution in [3.8, 4) is 0 Å². The minimum atomic E-state index is -0.176. The predicted octanol–water partition coefficient (Wildman–Crippen LogP) is 2.87. The fourth-order valence-corrected chi connectivity index (χ4v) is 3.02. The van der Waals surface area contributed by atoms with Crippen molar-refractivity contribution in [1.82, 2.24) is 14.7 Å². The second-order valence-electron chi connectivity index (χ2n) is 5.74. The molecule has 1 aromatic carbocycles. The molecule has 0 spiro atoms. The molecule has 2 N–H and O–H groups in total. The van der Waals surface area contributed by atoms with Gasteiger partial charge >= 0.3 is 0 Å². The molecule has 2 rings (SSSR count). The molecule has 0 saturated heterocycles. The average Bonchev–Trinajstić information content (AvgIpc) is 2.77. The van der Waals surface area contributed by atoms with E-state index < -0.39 is 0 Å². The topological polar surface area (TPSA) is 47.1 Å². The van der Waals surface area contributed by atoms with Gasteiger partial charge in [-0.25, -0.2) is 0 Å². The number of aryl methyl sites for hydroxylation is 2. The normalized spacial score (nSPS) is 12.9. The number of likely N-dealkylation sites (N-methyl/N-ethyl adjacent to an activating group) is 1. The Kier molecular flexibility index (Phi) is 5.19. The molecule has 0 aliphatic rings. The van der Waals surface area contributed by atoms with Crippen LogP contribution in [0.15, 0.2) is 28.9 Å². The maximum absolute atomic E-state index is 6.52. The van der Waals surface area contributed by atoms with Crippen LogP contribution in [0.4, 0.5) is 0 Å². The van der Waals surface area contributed by atoms with E-state index in [1.807, 2.05) is 10.9 Å². The molecule has 1 aromatic heterocycles. The summed E-state index contributed by atoms with van der Waals surface area (Å²) in [5.41, 5.74) is 11.2. The van der Waals surface area contributed by atoms with Crippen LogP contribution in [0, 0.1) is 13.8 Å². The van der Waals surface area contributed by atoms with Crippen molar-refractivity contribution in [2.24, 2.45) is 5.73 Å². The largest absolute Gasteiger partial charge is 0.319 e. The molecule has 0 aliphatic carbocycles. The Morgan fingerprint density at radius 3 is 2.67 bits per heavy atom. The van der Waals surface area contributed by atoms with Crippen molar-refractivity contribution in [3.05, 3.63) is 51.3 Å². The number of aromatic nitrogens is 2. The monoisotopic (exact) mass is 350 g/mol. The van der Waals surface area contributed by atoms with Gasteiger partial charge in [0.05, 0.1) is 29.0 Å². The highest BCUT2D eigenvalue weighted by Crippen LogP contribution is 2.29. The quantitative estimate of drug-likeness (QED) is 0.901. The highest BCUT2D eigenvalue weighted by Gasteiger charge is 2.19. The van der Waals surface area contributed by atoms with E-state index in [1.54, 1.807) is 0 Å². The van der Waals surface area contributed by atoms with Gasteiger partial charge in [0.2, 0.25) is 0 Å². The van der Waals surface area contributed by atoms with Gasteiger partial charge in [0, 0.05) is 6.54 Å². The highest BCUT2D eigenvalue weighted by molar-refractivity contribution is 9.10. The molecular formula is C16H23BrN4. The number of halogens is 1. The number of hydrogen-bond donors (Lipinski definition) is 1.